The van der Waals surface area contributed by atoms with Gasteiger partial charge < -0.3 is 0 Å². The summed E-state index contributed by atoms with van der Waals surface area (Å²) >= 11 is 0. The molecule has 7 rings (SSSR count). The van der Waals surface area contributed by atoms with E-state index < -0.39 is 0 Å². The SMILES string of the molecule is CCc1cccc(CC)c1-c1c2cc3ccccc3cc2c(C#Cc2ccccc2)c2cc3ccccc3cc12. The summed E-state index contributed by atoms with van der Waals surface area (Å²) in [5.74, 6) is 7.16. The molecule has 0 heteroatoms. The van der Waals surface area contributed by atoms with E-state index in [2.05, 4.69) is 141 Å². The second-order valence-corrected chi connectivity index (χ2v) is 10.5. The molecule has 0 aliphatic carbocycles. The molecular formula is C40H30. The smallest absolute Gasteiger partial charge is 0.0406 e. The second kappa shape index (κ2) is 10.0. The highest BCUT2D eigenvalue weighted by Gasteiger charge is 2.20. The van der Waals surface area contributed by atoms with Crippen molar-refractivity contribution in [1.82, 2.24) is 0 Å². The molecule has 0 atom stereocenters. The molecule has 0 aliphatic heterocycles. The highest BCUT2D eigenvalue weighted by Crippen LogP contribution is 2.44. The van der Waals surface area contributed by atoms with E-state index in [-0.39, 0.29) is 0 Å². The van der Waals surface area contributed by atoms with E-state index in [0.717, 1.165) is 24.0 Å². The van der Waals surface area contributed by atoms with Crippen molar-refractivity contribution in [3.05, 3.63) is 144 Å². The van der Waals surface area contributed by atoms with E-state index in [1.165, 1.54) is 65.3 Å². The van der Waals surface area contributed by atoms with Crippen LogP contribution in [0.25, 0.3) is 54.2 Å². The van der Waals surface area contributed by atoms with Gasteiger partial charge in [-0.3, -0.25) is 0 Å². The third-order valence-corrected chi connectivity index (χ3v) is 8.20. The number of hydrogen-bond donors (Lipinski definition) is 0. The lowest BCUT2D eigenvalue weighted by molar-refractivity contribution is 1.09. The van der Waals surface area contributed by atoms with E-state index in [4.69, 9.17) is 0 Å². The summed E-state index contributed by atoms with van der Waals surface area (Å²) in [4.78, 5) is 0. The van der Waals surface area contributed by atoms with Crippen LogP contribution >= 0.6 is 0 Å². The molecule has 0 unspecified atom stereocenters. The van der Waals surface area contributed by atoms with E-state index in [0.29, 0.717) is 0 Å². The number of hydrogen-bond acceptors (Lipinski definition) is 0. The van der Waals surface area contributed by atoms with Crippen molar-refractivity contribution in [3.63, 3.8) is 0 Å². The molecule has 40 heavy (non-hydrogen) atoms. The van der Waals surface area contributed by atoms with Gasteiger partial charge in [0.05, 0.1) is 0 Å². The summed E-state index contributed by atoms with van der Waals surface area (Å²) in [6, 6.07) is 44.1. The maximum absolute atomic E-state index is 3.66. The van der Waals surface area contributed by atoms with E-state index in [1.54, 1.807) is 0 Å². The lowest BCUT2D eigenvalue weighted by Gasteiger charge is -2.21. The lowest BCUT2D eigenvalue weighted by Crippen LogP contribution is -1.98. The van der Waals surface area contributed by atoms with Crippen molar-refractivity contribution in [1.29, 1.82) is 0 Å². The highest BCUT2D eigenvalue weighted by molar-refractivity contribution is 6.21. The van der Waals surface area contributed by atoms with Gasteiger partial charge in [-0.05, 0) is 115 Å². The molecule has 0 N–H and O–H groups in total. The normalized spacial score (nSPS) is 11.2. The predicted molar refractivity (Wildman–Crippen MR) is 173 cm³/mol. The standard InChI is InChI=1S/C40H30/c1-3-28-19-12-20-29(4-2)39(28)40-37-25-32-17-10-8-15-30(32)23-35(37)34(22-21-27-13-6-5-7-14-27)36-24-31-16-9-11-18-33(31)26-38(36)40/h5-20,23-26H,3-4H2,1-2H3. The van der Waals surface area contributed by atoms with Crippen LogP contribution in [0, 0.1) is 11.8 Å². The van der Waals surface area contributed by atoms with E-state index >= 15 is 0 Å². The van der Waals surface area contributed by atoms with Crippen molar-refractivity contribution in [2.45, 2.75) is 26.7 Å². The first kappa shape index (κ1) is 24.2. The molecule has 0 aromatic heterocycles. The van der Waals surface area contributed by atoms with Crippen LogP contribution < -0.4 is 0 Å². The first-order valence-corrected chi connectivity index (χ1v) is 14.2. The van der Waals surface area contributed by atoms with Gasteiger partial charge in [0.25, 0.3) is 0 Å². The molecule has 0 spiro atoms. The minimum Gasteiger partial charge on any atom is -0.0622 e. The molecule has 0 saturated heterocycles. The Balaban J connectivity index is 1.74. The van der Waals surface area contributed by atoms with Crippen molar-refractivity contribution >= 4 is 43.1 Å². The maximum atomic E-state index is 3.66. The molecule has 0 heterocycles. The molecule has 190 valence electrons. The van der Waals surface area contributed by atoms with Gasteiger partial charge in [0, 0.05) is 11.1 Å². The summed E-state index contributed by atoms with van der Waals surface area (Å²) < 4.78 is 0. The molecule has 7 aromatic rings. The molecule has 0 radical (unpaired) electrons. The Morgan fingerprint density at radius 1 is 0.425 bits per heavy atom. The zero-order valence-corrected chi connectivity index (χ0v) is 23.0. The van der Waals surface area contributed by atoms with Crippen LogP contribution in [0.4, 0.5) is 0 Å². The minimum absolute atomic E-state index is 0.989. The number of fused-ring (bicyclic) bond motifs is 4. The largest absolute Gasteiger partial charge is 0.0622 e. The summed E-state index contributed by atoms with van der Waals surface area (Å²) in [6.45, 7) is 4.54. The van der Waals surface area contributed by atoms with Crippen molar-refractivity contribution < 1.29 is 0 Å². The Labute approximate surface area is 235 Å². The second-order valence-electron chi connectivity index (χ2n) is 10.5. The fraction of sp³-hybridized carbons (Fsp3) is 0.100. The Bertz CT molecular complexity index is 2000. The molecule has 0 bridgehead atoms. The van der Waals surface area contributed by atoms with E-state index in [1.807, 2.05) is 6.07 Å². The highest BCUT2D eigenvalue weighted by atomic mass is 14.2. The topological polar surface area (TPSA) is 0 Å². The monoisotopic (exact) mass is 510 g/mol. The van der Waals surface area contributed by atoms with Gasteiger partial charge in [-0.1, -0.05) is 111 Å². The summed E-state index contributed by atoms with van der Waals surface area (Å²) in [6.07, 6.45) is 1.98. The zero-order chi connectivity index (χ0) is 27.1. The first-order chi connectivity index (χ1) is 19.7. The predicted octanol–water partition coefficient (Wildman–Crippen LogP) is 10.5. The average Bonchev–Trinajstić information content (AvgIpc) is 3.01. The van der Waals surface area contributed by atoms with Gasteiger partial charge >= 0.3 is 0 Å². The van der Waals surface area contributed by atoms with Crippen molar-refractivity contribution in [2.24, 2.45) is 0 Å². The molecule has 0 amide bonds. The van der Waals surface area contributed by atoms with Crippen LogP contribution in [0.1, 0.15) is 36.1 Å². The van der Waals surface area contributed by atoms with Crippen LogP contribution in [-0.2, 0) is 12.8 Å². The van der Waals surface area contributed by atoms with Crippen LogP contribution in [-0.4, -0.2) is 0 Å². The number of aryl methyl sites for hydroxylation is 2. The van der Waals surface area contributed by atoms with Gasteiger partial charge in [0.15, 0.2) is 0 Å². The van der Waals surface area contributed by atoms with Crippen molar-refractivity contribution in [2.75, 3.05) is 0 Å². The van der Waals surface area contributed by atoms with Crippen LogP contribution in [0.3, 0.4) is 0 Å². The fourth-order valence-corrected chi connectivity index (χ4v) is 6.22. The third-order valence-electron chi connectivity index (χ3n) is 8.20. The van der Waals surface area contributed by atoms with Gasteiger partial charge in [-0.2, -0.15) is 0 Å². The van der Waals surface area contributed by atoms with Crippen molar-refractivity contribution in [3.8, 4) is 23.0 Å². The van der Waals surface area contributed by atoms with Gasteiger partial charge in [-0.25, -0.2) is 0 Å². The van der Waals surface area contributed by atoms with Crippen LogP contribution in [0.5, 0.6) is 0 Å². The first-order valence-electron chi connectivity index (χ1n) is 14.2. The fourth-order valence-electron chi connectivity index (χ4n) is 6.22. The zero-order valence-electron chi connectivity index (χ0n) is 23.0. The van der Waals surface area contributed by atoms with Gasteiger partial charge in [-0.15, -0.1) is 0 Å². The van der Waals surface area contributed by atoms with Gasteiger partial charge in [0.1, 0.15) is 0 Å². The Kier molecular flexibility index (Phi) is 6.07. The quantitative estimate of drug-likeness (QED) is 0.164. The number of benzene rings is 7. The Morgan fingerprint density at radius 2 is 0.875 bits per heavy atom. The third kappa shape index (κ3) is 4.03. The van der Waals surface area contributed by atoms with Crippen LogP contribution in [0.2, 0.25) is 0 Å². The lowest BCUT2D eigenvalue weighted by atomic mass is 9.82. The molecule has 0 nitrogen and oxygen atoms in total. The summed E-state index contributed by atoms with van der Waals surface area (Å²) in [7, 11) is 0. The average molecular weight is 511 g/mol. The molecule has 0 fully saturated rings. The molecular weight excluding hydrogens is 480 g/mol. The number of rotatable bonds is 3. The molecule has 0 saturated carbocycles. The summed E-state index contributed by atoms with van der Waals surface area (Å²) in [5.41, 5.74) is 7.63. The van der Waals surface area contributed by atoms with E-state index in [9.17, 15) is 0 Å². The molecule has 7 aromatic carbocycles. The summed E-state index contributed by atoms with van der Waals surface area (Å²) in [5, 5.41) is 9.96. The minimum atomic E-state index is 0.989. The maximum Gasteiger partial charge on any atom is 0.0406 e. The molecule has 0 aliphatic rings. The van der Waals surface area contributed by atoms with Gasteiger partial charge in [0.2, 0.25) is 0 Å². The Hall–Kier alpha value is -4.86. The van der Waals surface area contributed by atoms with Crippen LogP contribution in [0.15, 0.2) is 121 Å². The Morgan fingerprint density at radius 3 is 1.35 bits per heavy atom.